The van der Waals surface area contributed by atoms with Crippen LogP contribution in [0.25, 0.3) is 11.3 Å². The molecule has 0 saturated carbocycles. The third kappa shape index (κ3) is 4.87. The Labute approximate surface area is 223 Å². The zero-order valence-corrected chi connectivity index (χ0v) is 21.9. The quantitative estimate of drug-likeness (QED) is 0.375. The van der Waals surface area contributed by atoms with Crippen LogP contribution in [0.5, 0.6) is 5.75 Å². The lowest BCUT2D eigenvalue weighted by Crippen LogP contribution is -2.42. The standard InChI is InChI=1S/C27H26Cl2F3N3O2/c1-15-20-12-18(37-27(30,31)32)7-6-17(20)13-26(15)8-10-35(11-9-26)25-22(14-36)34-24(16(2)33-25)19-4-3-5-21(28)23(19)29/h3-7,12,15,36H,8-11,13-14H2,1-2H3/t15-/m1/s1. The van der Waals surface area contributed by atoms with Crippen LogP contribution >= 0.6 is 23.2 Å². The van der Waals surface area contributed by atoms with Crippen molar-refractivity contribution in [2.24, 2.45) is 5.41 Å². The number of hydrogen-bond acceptors (Lipinski definition) is 5. The van der Waals surface area contributed by atoms with E-state index in [0.717, 1.165) is 30.4 Å². The van der Waals surface area contributed by atoms with Crippen molar-refractivity contribution in [3.05, 3.63) is 69.0 Å². The van der Waals surface area contributed by atoms with Crippen LogP contribution in [-0.2, 0) is 13.0 Å². The van der Waals surface area contributed by atoms with Gasteiger partial charge in [-0.05, 0) is 66.8 Å². The van der Waals surface area contributed by atoms with Gasteiger partial charge >= 0.3 is 6.36 Å². The Bertz CT molecular complexity index is 1340. The minimum Gasteiger partial charge on any atom is -0.406 e. The summed E-state index contributed by atoms with van der Waals surface area (Å²) in [6.45, 7) is 5.06. The predicted octanol–water partition coefficient (Wildman–Crippen LogP) is 7.10. The Hall–Kier alpha value is -2.55. The summed E-state index contributed by atoms with van der Waals surface area (Å²) in [5.74, 6) is 0.561. The van der Waals surface area contributed by atoms with E-state index >= 15 is 0 Å². The average molecular weight is 552 g/mol. The number of benzene rings is 2. The zero-order valence-electron chi connectivity index (χ0n) is 20.4. The molecule has 1 saturated heterocycles. The Kier molecular flexibility index (Phi) is 6.79. The lowest BCUT2D eigenvalue weighted by molar-refractivity contribution is -0.274. The highest BCUT2D eigenvalue weighted by atomic mass is 35.5. The van der Waals surface area contributed by atoms with Gasteiger partial charge in [-0.15, -0.1) is 13.2 Å². The molecule has 196 valence electrons. The molecule has 0 unspecified atom stereocenters. The van der Waals surface area contributed by atoms with Crippen molar-refractivity contribution in [1.29, 1.82) is 0 Å². The third-order valence-corrected chi connectivity index (χ3v) is 8.63. The summed E-state index contributed by atoms with van der Waals surface area (Å²) in [5.41, 5.74) is 4.32. The maximum absolute atomic E-state index is 12.7. The number of rotatable bonds is 4. The molecule has 2 heterocycles. The molecule has 2 aliphatic rings. The summed E-state index contributed by atoms with van der Waals surface area (Å²) >= 11 is 12.6. The molecule has 3 aromatic rings. The maximum Gasteiger partial charge on any atom is 0.573 e. The van der Waals surface area contributed by atoms with E-state index in [1.54, 1.807) is 18.2 Å². The Morgan fingerprint density at radius 1 is 1.14 bits per heavy atom. The normalized spacial score (nSPS) is 18.8. The summed E-state index contributed by atoms with van der Waals surface area (Å²) in [7, 11) is 0. The number of anilines is 1. The van der Waals surface area contributed by atoms with E-state index in [2.05, 4.69) is 16.6 Å². The summed E-state index contributed by atoms with van der Waals surface area (Å²) in [4.78, 5) is 11.7. The fourth-order valence-corrected chi connectivity index (χ4v) is 6.20. The molecular formula is C27H26Cl2F3N3O2. The van der Waals surface area contributed by atoms with Gasteiger partial charge in [-0.2, -0.15) is 0 Å². The largest absolute Gasteiger partial charge is 0.573 e. The second-order valence-electron chi connectivity index (χ2n) is 9.84. The van der Waals surface area contributed by atoms with Gasteiger partial charge in [0, 0.05) is 18.7 Å². The second kappa shape index (κ2) is 9.64. The van der Waals surface area contributed by atoms with Gasteiger partial charge in [0.2, 0.25) is 0 Å². The van der Waals surface area contributed by atoms with Gasteiger partial charge in [0.15, 0.2) is 5.82 Å². The number of hydrogen-bond donors (Lipinski definition) is 1. The van der Waals surface area contributed by atoms with Gasteiger partial charge in [0.05, 0.1) is 28.0 Å². The van der Waals surface area contributed by atoms with E-state index in [0.29, 0.717) is 51.6 Å². The number of aromatic nitrogens is 2. The lowest BCUT2D eigenvalue weighted by Gasteiger charge is -2.43. The molecule has 1 spiro atoms. The van der Waals surface area contributed by atoms with Crippen molar-refractivity contribution < 1.29 is 23.0 Å². The second-order valence-corrected chi connectivity index (χ2v) is 10.6. The lowest BCUT2D eigenvalue weighted by atomic mass is 9.70. The molecule has 0 amide bonds. The number of halogens is 5. The van der Waals surface area contributed by atoms with E-state index in [-0.39, 0.29) is 23.7 Å². The third-order valence-electron chi connectivity index (χ3n) is 7.81. The first-order valence-corrected chi connectivity index (χ1v) is 12.8. The predicted molar refractivity (Wildman–Crippen MR) is 137 cm³/mol. The van der Waals surface area contributed by atoms with Crippen LogP contribution in [0.1, 0.15) is 48.2 Å². The average Bonchev–Trinajstić information content (AvgIpc) is 3.11. The summed E-state index contributed by atoms with van der Waals surface area (Å²) in [5, 5.41) is 10.9. The molecule has 2 aromatic carbocycles. The van der Waals surface area contributed by atoms with Crippen LogP contribution in [0.4, 0.5) is 19.0 Å². The first kappa shape index (κ1) is 26.1. The van der Waals surface area contributed by atoms with E-state index in [1.807, 2.05) is 13.0 Å². The summed E-state index contributed by atoms with van der Waals surface area (Å²) in [6, 6.07) is 10.0. The highest BCUT2D eigenvalue weighted by molar-refractivity contribution is 6.43. The van der Waals surface area contributed by atoms with E-state index in [4.69, 9.17) is 33.2 Å². The van der Waals surface area contributed by atoms with Crippen LogP contribution in [0.3, 0.4) is 0 Å². The summed E-state index contributed by atoms with van der Waals surface area (Å²) < 4.78 is 42.3. The SMILES string of the molecule is Cc1nc(N2CCC3(CC2)Cc2ccc(OC(F)(F)F)cc2[C@H]3C)c(CO)nc1-c1cccc(Cl)c1Cl. The van der Waals surface area contributed by atoms with Crippen molar-refractivity contribution in [2.75, 3.05) is 18.0 Å². The van der Waals surface area contributed by atoms with Crippen molar-refractivity contribution in [1.82, 2.24) is 9.97 Å². The first-order chi connectivity index (χ1) is 17.5. The molecule has 0 bridgehead atoms. The molecule has 1 atom stereocenters. The highest BCUT2D eigenvalue weighted by Crippen LogP contribution is 2.54. The van der Waals surface area contributed by atoms with Gasteiger partial charge in [-0.3, -0.25) is 0 Å². The molecule has 1 aliphatic carbocycles. The topological polar surface area (TPSA) is 58.5 Å². The Morgan fingerprint density at radius 3 is 2.54 bits per heavy atom. The van der Waals surface area contributed by atoms with Crippen LogP contribution in [0, 0.1) is 12.3 Å². The molecule has 5 rings (SSSR count). The number of piperidine rings is 1. The Balaban J connectivity index is 1.37. The fraction of sp³-hybridized carbons (Fsp3) is 0.407. The fourth-order valence-electron chi connectivity index (χ4n) is 5.81. The van der Waals surface area contributed by atoms with E-state index in [1.165, 1.54) is 12.1 Å². The van der Waals surface area contributed by atoms with Crippen molar-refractivity contribution in [2.45, 2.75) is 52.0 Å². The molecule has 1 aliphatic heterocycles. The molecule has 1 fully saturated rings. The molecule has 5 nitrogen and oxygen atoms in total. The first-order valence-electron chi connectivity index (χ1n) is 12.1. The van der Waals surface area contributed by atoms with Crippen molar-refractivity contribution >= 4 is 29.0 Å². The van der Waals surface area contributed by atoms with Crippen LogP contribution < -0.4 is 9.64 Å². The Morgan fingerprint density at radius 2 is 1.86 bits per heavy atom. The number of alkyl halides is 3. The molecular weight excluding hydrogens is 526 g/mol. The molecule has 37 heavy (non-hydrogen) atoms. The minimum atomic E-state index is -4.71. The molecule has 0 radical (unpaired) electrons. The number of aliphatic hydroxyl groups is 1. The van der Waals surface area contributed by atoms with Crippen molar-refractivity contribution in [3.63, 3.8) is 0 Å². The number of fused-ring (bicyclic) bond motifs is 1. The number of aryl methyl sites for hydroxylation is 1. The maximum atomic E-state index is 12.7. The van der Waals surface area contributed by atoms with Gasteiger partial charge < -0.3 is 14.7 Å². The highest BCUT2D eigenvalue weighted by Gasteiger charge is 2.46. The number of ether oxygens (including phenoxy) is 1. The van der Waals surface area contributed by atoms with Crippen LogP contribution in [0.15, 0.2) is 36.4 Å². The van der Waals surface area contributed by atoms with E-state index < -0.39 is 6.36 Å². The zero-order chi connectivity index (χ0) is 26.5. The van der Waals surface area contributed by atoms with Gasteiger partial charge in [-0.1, -0.05) is 48.3 Å². The summed E-state index contributed by atoms with van der Waals surface area (Å²) in [6.07, 6.45) is -2.22. The molecule has 10 heteroatoms. The van der Waals surface area contributed by atoms with Crippen LogP contribution in [-0.4, -0.2) is 34.5 Å². The van der Waals surface area contributed by atoms with Gasteiger partial charge in [-0.25, -0.2) is 9.97 Å². The monoisotopic (exact) mass is 551 g/mol. The molecule has 1 N–H and O–H groups in total. The number of nitrogens with zero attached hydrogens (tertiary/aromatic N) is 3. The van der Waals surface area contributed by atoms with Gasteiger partial charge in [0.1, 0.15) is 11.4 Å². The number of aliphatic hydroxyl groups excluding tert-OH is 1. The molecule has 1 aromatic heterocycles. The van der Waals surface area contributed by atoms with E-state index in [9.17, 15) is 18.3 Å². The van der Waals surface area contributed by atoms with Gasteiger partial charge in [0.25, 0.3) is 0 Å². The smallest absolute Gasteiger partial charge is 0.406 e. The van der Waals surface area contributed by atoms with Crippen LogP contribution in [0.2, 0.25) is 10.0 Å². The van der Waals surface area contributed by atoms with Crippen molar-refractivity contribution in [3.8, 4) is 17.0 Å². The minimum absolute atomic E-state index is 0.0498.